The Hall–Kier alpha value is -2.93. The number of amides is 2. The lowest BCUT2D eigenvalue weighted by molar-refractivity contribution is -0.124. The monoisotopic (exact) mass is 420 g/mol. The van der Waals surface area contributed by atoms with Crippen molar-refractivity contribution in [3.05, 3.63) is 64.4 Å². The Morgan fingerprint density at radius 1 is 1.07 bits per heavy atom. The Balaban J connectivity index is 2.01. The molecule has 0 saturated carbocycles. The van der Waals surface area contributed by atoms with Crippen LogP contribution >= 0.6 is 11.6 Å². The quantitative estimate of drug-likeness (QED) is 0.470. The number of carbonyl (C=O) groups is 3. The van der Waals surface area contributed by atoms with Gasteiger partial charge in [-0.1, -0.05) is 31.4 Å². The van der Waals surface area contributed by atoms with Crippen LogP contribution in [0.3, 0.4) is 0 Å². The summed E-state index contributed by atoms with van der Waals surface area (Å²) in [5.74, 6) is -2.20. The van der Waals surface area contributed by atoms with Crippen molar-refractivity contribution in [1.82, 2.24) is 5.32 Å². The lowest BCUT2D eigenvalue weighted by atomic mass is 10.1. The van der Waals surface area contributed by atoms with E-state index in [2.05, 4.69) is 17.6 Å². The van der Waals surface area contributed by atoms with Gasteiger partial charge in [0.05, 0.1) is 11.3 Å². The number of ether oxygens (including phenoxy) is 1. The van der Waals surface area contributed by atoms with E-state index in [1.54, 1.807) is 0 Å². The Morgan fingerprint density at radius 2 is 1.79 bits per heavy atom. The van der Waals surface area contributed by atoms with Crippen LogP contribution in [0, 0.1) is 5.82 Å². The number of esters is 1. The number of halogens is 2. The third-order valence-corrected chi connectivity index (χ3v) is 4.23. The van der Waals surface area contributed by atoms with E-state index in [-0.39, 0.29) is 16.8 Å². The second-order valence-electron chi connectivity index (χ2n) is 6.28. The highest BCUT2D eigenvalue weighted by Crippen LogP contribution is 2.23. The Morgan fingerprint density at radius 3 is 2.48 bits per heavy atom. The summed E-state index contributed by atoms with van der Waals surface area (Å²) >= 11 is 5.97. The molecule has 2 aromatic rings. The molecule has 2 amide bonds. The lowest BCUT2D eigenvalue weighted by Crippen LogP contribution is -2.29. The molecular formula is C21H22ClFN2O4. The number of carbonyl (C=O) groups excluding carboxylic acids is 3. The first-order valence-corrected chi connectivity index (χ1v) is 9.58. The maximum absolute atomic E-state index is 13.0. The van der Waals surface area contributed by atoms with Crippen LogP contribution in [0.25, 0.3) is 0 Å². The molecular weight excluding hydrogens is 399 g/mol. The molecule has 0 bridgehead atoms. The fourth-order valence-corrected chi connectivity index (χ4v) is 2.63. The topological polar surface area (TPSA) is 84.5 Å². The van der Waals surface area contributed by atoms with Gasteiger partial charge in [-0.25, -0.2) is 9.18 Å². The molecule has 2 N–H and O–H groups in total. The van der Waals surface area contributed by atoms with Crippen molar-refractivity contribution in [3.8, 4) is 0 Å². The first-order chi connectivity index (χ1) is 13.9. The molecule has 2 rings (SSSR count). The van der Waals surface area contributed by atoms with E-state index in [0.29, 0.717) is 11.6 Å². The Labute approximate surface area is 173 Å². The highest BCUT2D eigenvalue weighted by atomic mass is 35.5. The zero-order valence-electron chi connectivity index (χ0n) is 16.0. The van der Waals surface area contributed by atoms with Gasteiger partial charge in [0.15, 0.2) is 6.61 Å². The predicted octanol–water partition coefficient (Wildman–Crippen LogP) is 4.19. The summed E-state index contributed by atoms with van der Waals surface area (Å²) in [5, 5.41) is 5.52. The Bertz CT molecular complexity index is 871. The standard InChI is InChI=1S/C21H22ClFN2O4/c1-2-3-4-11-24-19(26)13-29-21(28)17-10-7-15(22)12-18(17)25-20(27)14-5-8-16(23)9-6-14/h5-10,12H,2-4,11,13H2,1H3,(H,24,26)(H,25,27). The normalized spacial score (nSPS) is 10.3. The molecule has 0 spiro atoms. The molecule has 0 fully saturated rings. The minimum absolute atomic E-state index is 0.0450. The van der Waals surface area contributed by atoms with E-state index >= 15 is 0 Å². The number of rotatable bonds is 9. The molecule has 0 unspecified atom stereocenters. The van der Waals surface area contributed by atoms with Crippen molar-refractivity contribution < 1.29 is 23.5 Å². The summed E-state index contributed by atoms with van der Waals surface area (Å²) in [6.07, 6.45) is 2.89. The van der Waals surface area contributed by atoms with Gasteiger partial charge in [-0.2, -0.15) is 0 Å². The Kier molecular flexibility index (Phi) is 8.61. The SMILES string of the molecule is CCCCCNC(=O)COC(=O)c1ccc(Cl)cc1NC(=O)c1ccc(F)cc1. The first kappa shape index (κ1) is 22.4. The summed E-state index contributed by atoms with van der Waals surface area (Å²) in [6.45, 7) is 2.14. The number of hydrogen-bond donors (Lipinski definition) is 2. The molecule has 154 valence electrons. The van der Waals surface area contributed by atoms with Gasteiger partial charge in [0.1, 0.15) is 5.82 Å². The van der Waals surface area contributed by atoms with Crippen molar-refractivity contribution >= 4 is 35.1 Å². The van der Waals surface area contributed by atoms with Crippen LogP contribution in [0.1, 0.15) is 46.9 Å². The van der Waals surface area contributed by atoms with E-state index in [0.717, 1.165) is 31.4 Å². The first-order valence-electron chi connectivity index (χ1n) is 9.21. The predicted molar refractivity (Wildman–Crippen MR) is 109 cm³/mol. The molecule has 6 nitrogen and oxygen atoms in total. The average molecular weight is 421 g/mol. The molecule has 0 radical (unpaired) electrons. The largest absolute Gasteiger partial charge is 0.452 e. The van der Waals surface area contributed by atoms with Gasteiger partial charge < -0.3 is 15.4 Å². The third kappa shape index (κ3) is 7.19. The van der Waals surface area contributed by atoms with Crippen molar-refractivity contribution in [3.63, 3.8) is 0 Å². The van der Waals surface area contributed by atoms with Gasteiger partial charge >= 0.3 is 5.97 Å². The van der Waals surface area contributed by atoms with Gasteiger partial charge in [0.25, 0.3) is 11.8 Å². The number of anilines is 1. The summed E-state index contributed by atoms with van der Waals surface area (Å²) < 4.78 is 18.1. The zero-order chi connectivity index (χ0) is 21.2. The molecule has 2 aromatic carbocycles. The van der Waals surface area contributed by atoms with Crippen molar-refractivity contribution in [2.24, 2.45) is 0 Å². The number of nitrogens with one attached hydrogen (secondary N) is 2. The van der Waals surface area contributed by atoms with Gasteiger partial charge in [0.2, 0.25) is 0 Å². The second-order valence-corrected chi connectivity index (χ2v) is 6.72. The minimum Gasteiger partial charge on any atom is -0.452 e. The van der Waals surface area contributed by atoms with Crippen LogP contribution in [0.5, 0.6) is 0 Å². The maximum Gasteiger partial charge on any atom is 0.340 e. The van der Waals surface area contributed by atoms with E-state index in [9.17, 15) is 18.8 Å². The maximum atomic E-state index is 13.0. The molecule has 8 heteroatoms. The summed E-state index contributed by atoms with van der Waals surface area (Å²) in [7, 11) is 0. The number of unbranched alkanes of at least 4 members (excludes halogenated alkanes) is 2. The number of benzene rings is 2. The van der Waals surface area contributed by atoms with Crippen LogP contribution in [0.2, 0.25) is 5.02 Å². The molecule has 0 heterocycles. The van der Waals surface area contributed by atoms with Crippen LogP contribution in [0.15, 0.2) is 42.5 Å². The summed E-state index contributed by atoms with van der Waals surface area (Å²) in [6, 6.07) is 9.19. The molecule has 0 aliphatic rings. The molecule has 0 aliphatic carbocycles. The third-order valence-electron chi connectivity index (χ3n) is 3.99. The van der Waals surface area contributed by atoms with Gasteiger partial charge in [-0.3, -0.25) is 9.59 Å². The average Bonchev–Trinajstić information content (AvgIpc) is 2.70. The van der Waals surface area contributed by atoms with Crippen LogP contribution in [-0.4, -0.2) is 30.9 Å². The van der Waals surface area contributed by atoms with Crippen molar-refractivity contribution in [2.75, 3.05) is 18.5 Å². The fourth-order valence-electron chi connectivity index (χ4n) is 2.46. The van der Waals surface area contributed by atoms with E-state index in [4.69, 9.17) is 16.3 Å². The van der Waals surface area contributed by atoms with Gasteiger partial charge in [-0.05, 0) is 48.9 Å². The van der Waals surface area contributed by atoms with E-state index < -0.39 is 30.2 Å². The lowest BCUT2D eigenvalue weighted by Gasteiger charge is -2.12. The van der Waals surface area contributed by atoms with Crippen LogP contribution in [0.4, 0.5) is 10.1 Å². The van der Waals surface area contributed by atoms with Crippen molar-refractivity contribution in [1.29, 1.82) is 0 Å². The molecule has 0 atom stereocenters. The van der Waals surface area contributed by atoms with Gasteiger partial charge in [-0.15, -0.1) is 0 Å². The number of hydrogen-bond acceptors (Lipinski definition) is 4. The minimum atomic E-state index is -0.778. The van der Waals surface area contributed by atoms with Crippen LogP contribution < -0.4 is 10.6 Å². The fraction of sp³-hybridized carbons (Fsp3) is 0.286. The zero-order valence-corrected chi connectivity index (χ0v) is 16.7. The smallest absolute Gasteiger partial charge is 0.340 e. The molecule has 29 heavy (non-hydrogen) atoms. The second kappa shape index (κ2) is 11.2. The molecule has 0 aliphatic heterocycles. The summed E-state index contributed by atoms with van der Waals surface area (Å²) in [4.78, 5) is 36.5. The van der Waals surface area contributed by atoms with E-state index in [1.165, 1.54) is 30.3 Å². The van der Waals surface area contributed by atoms with Gasteiger partial charge in [0, 0.05) is 17.1 Å². The highest BCUT2D eigenvalue weighted by molar-refractivity contribution is 6.31. The van der Waals surface area contributed by atoms with E-state index in [1.807, 2.05) is 0 Å². The van der Waals surface area contributed by atoms with Crippen molar-refractivity contribution in [2.45, 2.75) is 26.2 Å². The molecule has 0 aromatic heterocycles. The molecule has 0 saturated heterocycles. The van der Waals surface area contributed by atoms with Crippen LogP contribution in [-0.2, 0) is 9.53 Å². The summed E-state index contributed by atoms with van der Waals surface area (Å²) in [5.41, 5.74) is 0.376. The highest BCUT2D eigenvalue weighted by Gasteiger charge is 2.17.